The quantitative estimate of drug-likeness (QED) is 0.476. The van der Waals surface area contributed by atoms with Crippen LogP contribution in [-0.4, -0.2) is 17.9 Å². The molecule has 0 aliphatic heterocycles. The Bertz CT molecular complexity index is 1170. The molecule has 0 radical (unpaired) electrons. The van der Waals surface area contributed by atoms with Crippen LogP contribution in [-0.2, 0) is 16.1 Å². The predicted octanol–water partition coefficient (Wildman–Crippen LogP) is 4.22. The standard InChI is InChI=1S/C25H27NO5/c1-14(2)22(26-24(28)18-9-6-15(3)7-10-18)25(29)30-13-19-12-21(27)31-23-17(5)16(4)8-11-20(19)23/h6-12,14,22H,13H2,1-5H3,(H,26,28)/t22-/m0/s1. The van der Waals surface area contributed by atoms with E-state index in [1.807, 2.05) is 58.9 Å². The molecule has 1 aromatic heterocycles. The average Bonchev–Trinajstić information content (AvgIpc) is 2.73. The topological polar surface area (TPSA) is 85.6 Å². The van der Waals surface area contributed by atoms with E-state index in [2.05, 4.69) is 5.32 Å². The van der Waals surface area contributed by atoms with Gasteiger partial charge in [0.15, 0.2) is 0 Å². The van der Waals surface area contributed by atoms with E-state index in [4.69, 9.17) is 9.15 Å². The number of hydrogen-bond donors (Lipinski definition) is 1. The molecule has 0 saturated carbocycles. The third kappa shape index (κ3) is 5.02. The fraction of sp³-hybridized carbons (Fsp3) is 0.320. The van der Waals surface area contributed by atoms with Crippen molar-refractivity contribution in [3.8, 4) is 0 Å². The number of amides is 1. The summed E-state index contributed by atoms with van der Waals surface area (Å²) in [4.78, 5) is 37.4. The van der Waals surface area contributed by atoms with E-state index < -0.39 is 17.6 Å². The van der Waals surface area contributed by atoms with Crippen molar-refractivity contribution >= 4 is 22.8 Å². The minimum atomic E-state index is -0.816. The van der Waals surface area contributed by atoms with Gasteiger partial charge in [-0.15, -0.1) is 0 Å². The number of nitrogens with one attached hydrogen (secondary N) is 1. The van der Waals surface area contributed by atoms with Gasteiger partial charge in [-0.2, -0.15) is 0 Å². The molecule has 2 aromatic carbocycles. The lowest BCUT2D eigenvalue weighted by Gasteiger charge is -2.21. The molecule has 6 heteroatoms. The maximum absolute atomic E-state index is 12.8. The number of rotatable bonds is 6. The molecule has 1 heterocycles. The first-order valence-corrected chi connectivity index (χ1v) is 10.2. The van der Waals surface area contributed by atoms with Gasteiger partial charge in [0.25, 0.3) is 5.91 Å². The van der Waals surface area contributed by atoms with Crippen LogP contribution >= 0.6 is 0 Å². The van der Waals surface area contributed by atoms with E-state index in [1.54, 1.807) is 12.1 Å². The van der Waals surface area contributed by atoms with Gasteiger partial charge in [0, 0.05) is 22.6 Å². The van der Waals surface area contributed by atoms with E-state index in [0.717, 1.165) is 22.1 Å². The number of hydrogen-bond acceptors (Lipinski definition) is 5. The molecular formula is C25H27NO5. The van der Waals surface area contributed by atoms with Crippen LogP contribution in [0.3, 0.4) is 0 Å². The second-order valence-electron chi connectivity index (χ2n) is 8.14. The fourth-order valence-corrected chi connectivity index (χ4v) is 3.31. The third-order valence-electron chi connectivity index (χ3n) is 5.41. The van der Waals surface area contributed by atoms with Crippen molar-refractivity contribution in [2.75, 3.05) is 0 Å². The second-order valence-corrected chi connectivity index (χ2v) is 8.14. The molecule has 0 aliphatic rings. The Labute approximate surface area is 181 Å². The van der Waals surface area contributed by atoms with Gasteiger partial charge in [-0.25, -0.2) is 9.59 Å². The van der Waals surface area contributed by atoms with E-state index in [0.29, 0.717) is 16.7 Å². The fourth-order valence-electron chi connectivity index (χ4n) is 3.31. The van der Waals surface area contributed by atoms with Gasteiger partial charge in [-0.1, -0.05) is 43.7 Å². The molecule has 0 unspecified atom stereocenters. The number of carbonyl (C=O) groups excluding carboxylic acids is 2. The van der Waals surface area contributed by atoms with Crippen LogP contribution in [0.2, 0.25) is 0 Å². The summed E-state index contributed by atoms with van der Waals surface area (Å²) in [6.07, 6.45) is 0. The van der Waals surface area contributed by atoms with Gasteiger partial charge in [-0.05, 0) is 49.9 Å². The number of ether oxygens (including phenoxy) is 1. The summed E-state index contributed by atoms with van der Waals surface area (Å²) in [7, 11) is 0. The lowest BCUT2D eigenvalue weighted by Crippen LogP contribution is -2.45. The minimum Gasteiger partial charge on any atom is -0.459 e. The number of fused-ring (bicyclic) bond motifs is 1. The molecule has 6 nitrogen and oxygen atoms in total. The van der Waals surface area contributed by atoms with Crippen LogP contribution in [0.25, 0.3) is 11.0 Å². The number of esters is 1. The van der Waals surface area contributed by atoms with E-state index >= 15 is 0 Å². The van der Waals surface area contributed by atoms with Crippen LogP contribution in [0.15, 0.2) is 51.7 Å². The first-order chi connectivity index (χ1) is 14.7. The van der Waals surface area contributed by atoms with Crippen LogP contribution in [0.1, 0.15) is 46.5 Å². The van der Waals surface area contributed by atoms with Crippen LogP contribution in [0, 0.1) is 26.7 Å². The van der Waals surface area contributed by atoms with Gasteiger partial charge in [0.05, 0.1) is 0 Å². The molecule has 31 heavy (non-hydrogen) atoms. The normalized spacial score (nSPS) is 12.1. The molecule has 3 rings (SSSR count). The maximum Gasteiger partial charge on any atom is 0.336 e. The summed E-state index contributed by atoms with van der Waals surface area (Å²) >= 11 is 0. The molecule has 1 N–H and O–H groups in total. The highest BCUT2D eigenvalue weighted by Crippen LogP contribution is 2.24. The minimum absolute atomic E-state index is 0.0902. The molecule has 0 bridgehead atoms. The zero-order valence-corrected chi connectivity index (χ0v) is 18.4. The van der Waals surface area contributed by atoms with E-state index in [1.165, 1.54) is 6.07 Å². The molecule has 0 spiro atoms. The Hall–Kier alpha value is -3.41. The summed E-state index contributed by atoms with van der Waals surface area (Å²) in [5.74, 6) is -1.07. The smallest absolute Gasteiger partial charge is 0.336 e. The lowest BCUT2D eigenvalue weighted by atomic mass is 10.0. The third-order valence-corrected chi connectivity index (χ3v) is 5.41. The van der Waals surface area contributed by atoms with Crippen molar-refractivity contribution in [3.63, 3.8) is 0 Å². The molecule has 3 aromatic rings. The van der Waals surface area contributed by atoms with Crippen LogP contribution in [0.5, 0.6) is 0 Å². The largest absolute Gasteiger partial charge is 0.459 e. The number of carbonyl (C=O) groups is 2. The Balaban J connectivity index is 1.78. The van der Waals surface area contributed by atoms with Crippen molar-refractivity contribution in [2.45, 2.75) is 47.3 Å². The molecule has 0 aliphatic carbocycles. The Morgan fingerprint density at radius 3 is 2.35 bits per heavy atom. The Kier molecular flexibility index (Phi) is 6.59. The van der Waals surface area contributed by atoms with Gasteiger partial charge in [0.1, 0.15) is 18.2 Å². The maximum atomic E-state index is 12.8. The average molecular weight is 421 g/mol. The van der Waals surface area contributed by atoms with Crippen molar-refractivity contribution in [1.29, 1.82) is 0 Å². The highest BCUT2D eigenvalue weighted by molar-refractivity contribution is 5.97. The van der Waals surface area contributed by atoms with Crippen LogP contribution in [0.4, 0.5) is 0 Å². The lowest BCUT2D eigenvalue weighted by molar-refractivity contribution is -0.148. The summed E-state index contributed by atoms with van der Waals surface area (Å²) in [6, 6.07) is 11.4. The SMILES string of the molecule is Cc1ccc(C(=O)N[C@H](C(=O)OCc2cc(=O)oc3c(C)c(C)ccc23)C(C)C)cc1. The summed E-state index contributed by atoms with van der Waals surface area (Å²) in [5, 5.41) is 3.48. The molecular weight excluding hydrogens is 394 g/mol. The zero-order chi connectivity index (χ0) is 22.7. The summed E-state index contributed by atoms with van der Waals surface area (Å²) < 4.78 is 10.9. The molecule has 0 saturated heterocycles. The van der Waals surface area contributed by atoms with Gasteiger partial charge >= 0.3 is 11.6 Å². The first-order valence-electron chi connectivity index (χ1n) is 10.2. The second kappa shape index (κ2) is 9.16. The monoisotopic (exact) mass is 421 g/mol. The molecule has 162 valence electrons. The summed E-state index contributed by atoms with van der Waals surface area (Å²) in [6.45, 7) is 9.33. The molecule has 1 amide bonds. The summed E-state index contributed by atoms with van der Waals surface area (Å²) in [5.41, 5.74) is 3.95. The first kappa shape index (κ1) is 22.3. The molecule has 0 fully saturated rings. The Morgan fingerprint density at radius 1 is 1.03 bits per heavy atom. The van der Waals surface area contributed by atoms with Crippen LogP contribution < -0.4 is 10.9 Å². The van der Waals surface area contributed by atoms with E-state index in [-0.39, 0.29) is 18.4 Å². The van der Waals surface area contributed by atoms with Gasteiger partial charge in [-0.3, -0.25) is 4.79 Å². The van der Waals surface area contributed by atoms with Gasteiger partial charge < -0.3 is 14.5 Å². The zero-order valence-electron chi connectivity index (χ0n) is 18.4. The predicted molar refractivity (Wildman–Crippen MR) is 119 cm³/mol. The highest BCUT2D eigenvalue weighted by Gasteiger charge is 2.26. The van der Waals surface area contributed by atoms with Crippen molar-refractivity contribution in [2.24, 2.45) is 5.92 Å². The van der Waals surface area contributed by atoms with Crippen molar-refractivity contribution in [3.05, 3.63) is 80.7 Å². The van der Waals surface area contributed by atoms with Crippen molar-refractivity contribution < 1.29 is 18.7 Å². The number of benzene rings is 2. The number of aryl methyl sites for hydroxylation is 3. The highest BCUT2D eigenvalue weighted by atomic mass is 16.5. The Morgan fingerprint density at radius 2 is 1.71 bits per heavy atom. The van der Waals surface area contributed by atoms with E-state index in [9.17, 15) is 14.4 Å². The molecule has 1 atom stereocenters. The van der Waals surface area contributed by atoms with Gasteiger partial charge in [0.2, 0.25) is 0 Å². The van der Waals surface area contributed by atoms with Crippen molar-refractivity contribution in [1.82, 2.24) is 5.32 Å².